The molecule has 2 bridgehead atoms. The monoisotopic (exact) mass is 441 g/mol. The summed E-state index contributed by atoms with van der Waals surface area (Å²) < 4.78 is 6.29. The van der Waals surface area contributed by atoms with Crippen molar-refractivity contribution in [3.05, 3.63) is 59.5 Å². The Bertz CT molecular complexity index is 1070. The Labute approximate surface area is 187 Å². The summed E-state index contributed by atoms with van der Waals surface area (Å²) in [4.78, 5) is 18.4. The Morgan fingerprint density at radius 2 is 2.00 bits per heavy atom. The van der Waals surface area contributed by atoms with Crippen LogP contribution in [0.4, 0.5) is 0 Å². The number of likely N-dealkylation sites (tertiary alicyclic amines) is 1. The van der Waals surface area contributed by atoms with Crippen LogP contribution < -0.4 is 5.73 Å². The van der Waals surface area contributed by atoms with Crippen LogP contribution in [0.3, 0.4) is 0 Å². The SMILES string of the molecule is COC1(c2ccnc(C(N)=O)c2)[C@@H]2CCC[C@H]1CN(Cc1n[nH]c3ccccc13)C2.Cl. The van der Waals surface area contributed by atoms with E-state index in [4.69, 9.17) is 10.5 Å². The van der Waals surface area contributed by atoms with Crippen molar-refractivity contribution in [2.24, 2.45) is 17.6 Å². The topological polar surface area (TPSA) is 97.1 Å². The minimum absolute atomic E-state index is 0. The van der Waals surface area contributed by atoms with Gasteiger partial charge in [0.25, 0.3) is 5.91 Å². The molecule has 5 rings (SSSR count). The summed E-state index contributed by atoms with van der Waals surface area (Å²) in [6.07, 6.45) is 5.06. The number of halogens is 1. The van der Waals surface area contributed by atoms with Crippen LogP contribution in [0.25, 0.3) is 10.9 Å². The molecule has 1 saturated heterocycles. The average molecular weight is 442 g/mol. The van der Waals surface area contributed by atoms with Crippen LogP contribution in [0.2, 0.25) is 0 Å². The third-order valence-electron chi connectivity index (χ3n) is 7.00. The highest BCUT2D eigenvalue weighted by Crippen LogP contribution is 2.51. The summed E-state index contributed by atoms with van der Waals surface area (Å²) in [5.74, 6) is 0.169. The lowest BCUT2D eigenvalue weighted by Gasteiger charge is -2.55. The molecule has 1 aliphatic carbocycles. The summed E-state index contributed by atoms with van der Waals surface area (Å²) in [6, 6.07) is 12.1. The van der Waals surface area contributed by atoms with Crippen molar-refractivity contribution in [3.8, 4) is 0 Å². The number of nitrogens with zero attached hydrogens (tertiary/aromatic N) is 3. The number of fused-ring (bicyclic) bond motifs is 3. The van der Waals surface area contributed by atoms with Crippen LogP contribution in [0.15, 0.2) is 42.6 Å². The van der Waals surface area contributed by atoms with Crippen molar-refractivity contribution in [1.82, 2.24) is 20.1 Å². The number of nitrogens with two attached hydrogens (primary N) is 1. The first-order valence-electron chi connectivity index (χ1n) is 10.6. The molecule has 1 unspecified atom stereocenters. The van der Waals surface area contributed by atoms with Gasteiger partial charge in [-0.2, -0.15) is 5.10 Å². The predicted octanol–water partition coefficient (Wildman–Crippen LogP) is 3.25. The van der Waals surface area contributed by atoms with E-state index in [1.54, 1.807) is 13.3 Å². The van der Waals surface area contributed by atoms with Crippen LogP contribution in [0.1, 0.15) is 41.0 Å². The maximum absolute atomic E-state index is 11.7. The largest absolute Gasteiger partial charge is 0.373 e. The summed E-state index contributed by atoms with van der Waals surface area (Å²) in [5.41, 5.74) is 8.58. The number of ether oxygens (including phenoxy) is 1. The molecule has 2 fully saturated rings. The molecule has 0 spiro atoms. The molecule has 7 nitrogen and oxygen atoms in total. The van der Waals surface area contributed by atoms with Gasteiger partial charge in [-0.15, -0.1) is 12.4 Å². The number of hydrogen-bond donors (Lipinski definition) is 2. The number of rotatable bonds is 5. The summed E-state index contributed by atoms with van der Waals surface area (Å²) >= 11 is 0. The van der Waals surface area contributed by atoms with E-state index >= 15 is 0 Å². The van der Waals surface area contributed by atoms with E-state index in [1.165, 1.54) is 11.8 Å². The zero-order valence-corrected chi connectivity index (χ0v) is 18.4. The van der Waals surface area contributed by atoms with Crippen LogP contribution in [0.5, 0.6) is 0 Å². The van der Waals surface area contributed by atoms with Gasteiger partial charge in [0.1, 0.15) is 11.3 Å². The summed E-state index contributed by atoms with van der Waals surface area (Å²) in [7, 11) is 1.80. The van der Waals surface area contributed by atoms with E-state index in [1.807, 2.05) is 18.2 Å². The zero-order chi connectivity index (χ0) is 20.7. The van der Waals surface area contributed by atoms with Gasteiger partial charge in [-0.05, 0) is 36.6 Å². The Balaban J connectivity index is 0.00000231. The molecule has 2 aliphatic rings. The van der Waals surface area contributed by atoms with Gasteiger partial charge in [0.2, 0.25) is 0 Å². The van der Waals surface area contributed by atoms with Gasteiger partial charge in [-0.25, -0.2) is 0 Å². The van der Waals surface area contributed by atoms with Crippen molar-refractivity contribution in [1.29, 1.82) is 0 Å². The number of aromatic nitrogens is 3. The normalized spacial score (nSPS) is 25.8. The molecule has 31 heavy (non-hydrogen) atoms. The highest BCUT2D eigenvalue weighted by molar-refractivity contribution is 5.90. The predicted molar refractivity (Wildman–Crippen MR) is 121 cm³/mol. The van der Waals surface area contributed by atoms with E-state index in [-0.39, 0.29) is 12.4 Å². The van der Waals surface area contributed by atoms with Gasteiger partial charge in [0, 0.05) is 50.2 Å². The molecule has 2 aromatic heterocycles. The third-order valence-corrected chi connectivity index (χ3v) is 7.00. The van der Waals surface area contributed by atoms with Gasteiger partial charge in [-0.1, -0.05) is 24.6 Å². The fourth-order valence-electron chi connectivity index (χ4n) is 5.74. The maximum atomic E-state index is 11.7. The van der Waals surface area contributed by atoms with Crippen LogP contribution in [-0.4, -0.2) is 46.2 Å². The van der Waals surface area contributed by atoms with Gasteiger partial charge in [-0.3, -0.25) is 19.8 Å². The summed E-state index contributed by atoms with van der Waals surface area (Å²) in [6.45, 7) is 2.68. The van der Waals surface area contributed by atoms with E-state index < -0.39 is 11.5 Å². The van der Waals surface area contributed by atoms with E-state index in [9.17, 15) is 4.79 Å². The number of benzene rings is 1. The van der Waals surface area contributed by atoms with Gasteiger partial charge < -0.3 is 10.5 Å². The second-order valence-electron chi connectivity index (χ2n) is 8.53. The fraction of sp³-hybridized carbons (Fsp3) is 0.435. The van der Waals surface area contributed by atoms with Crippen molar-refractivity contribution in [3.63, 3.8) is 0 Å². The Morgan fingerprint density at radius 3 is 2.71 bits per heavy atom. The number of H-pyrrole nitrogens is 1. The third kappa shape index (κ3) is 3.60. The van der Waals surface area contributed by atoms with Crippen LogP contribution in [-0.2, 0) is 16.9 Å². The number of piperidine rings is 1. The number of methoxy groups -OCH3 is 1. The summed E-state index contributed by atoms with van der Waals surface area (Å²) in [5, 5.41) is 8.90. The molecule has 3 heterocycles. The molecule has 8 heteroatoms. The smallest absolute Gasteiger partial charge is 0.267 e. The highest BCUT2D eigenvalue weighted by atomic mass is 35.5. The number of carbonyl (C=O) groups excluding carboxylic acids is 1. The molecule has 0 radical (unpaired) electrons. The molecule has 3 atom stereocenters. The number of aromatic amines is 1. The van der Waals surface area contributed by atoms with Crippen molar-refractivity contribution in [2.45, 2.75) is 31.4 Å². The lowest BCUT2D eigenvalue weighted by Crippen LogP contribution is -2.58. The molecule has 1 amide bonds. The van der Waals surface area contributed by atoms with Crippen molar-refractivity contribution in [2.75, 3.05) is 20.2 Å². The quantitative estimate of drug-likeness (QED) is 0.633. The number of primary amides is 1. The molecule has 164 valence electrons. The number of amides is 1. The standard InChI is InChI=1S/C23H27N5O2.ClH/c1-30-23(15-9-10-25-20(11-15)22(24)29)16-5-4-6-17(23)13-28(12-16)14-21-18-7-2-3-8-19(18)26-27-21;/h2-3,7-11,16-17H,4-6,12-14H2,1H3,(H2,24,29)(H,26,27);1H/t16-,17+,23?;. The Kier molecular flexibility index (Phi) is 6.01. The molecule has 3 aromatic rings. The Hall–Kier alpha value is -2.48. The van der Waals surface area contributed by atoms with Gasteiger partial charge >= 0.3 is 0 Å². The average Bonchev–Trinajstić information content (AvgIpc) is 3.16. The zero-order valence-electron chi connectivity index (χ0n) is 17.6. The van der Waals surface area contributed by atoms with Gasteiger partial charge in [0.15, 0.2) is 0 Å². The maximum Gasteiger partial charge on any atom is 0.267 e. The first-order chi connectivity index (χ1) is 14.6. The van der Waals surface area contributed by atoms with Crippen LogP contribution in [0, 0.1) is 11.8 Å². The number of hydrogen-bond acceptors (Lipinski definition) is 5. The molecule has 1 aromatic carbocycles. The fourth-order valence-corrected chi connectivity index (χ4v) is 5.74. The second-order valence-corrected chi connectivity index (χ2v) is 8.53. The lowest BCUT2D eigenvalue weighted by atomic mass is 9.62. The minimum atomic E-state index is -0.504. The molecule has 1 saturated carbocycles. The van der Waals surface area contributed by atoms with Crippen molar-refractivity contribution >= 4 is 29.2 Å². The van der Waals surface area contributed by atoms with Crippen LogP contribution >= 0.6 is 12.4 Å². The number of para-hydroxylation sites is 1. The molecule has 1 aliphatic heterocycles. The van der Waals surface area contributed by atoms with Gasteiger partial charge in [0.05, 0.1) is 11.2 Å². The second kappa shape index (κ2) is 8.57. The Morgan fingerprint density at radius 1 is 1.26 bits per heavy atom. The van der Waals surface area contributed by atoms with E-state index in [2.05, 4.69) is 38.3 Å². The molecular weight excluding hydrogens is 414 g/mol. The lowest BCUT2D eigenvalue weighted by molar-refractivity contribution is -0.170. The number of nitrogens with one attached hydrogen (secondary N) is 1. The highest BCUT2D eigenvalue weighted by Gasteiger charge is 2.53. The minimum Gasteiger partial charge on any atom is -0.373 e. The van der Waals surface area contributed by atoms with Crippen molar-refractivity contribution < 1.29 is 9.53 Å². The van der Waals surface area contributed by atoms with E-state index in [0.717, 1.165) is 49.2 Å². The first kappa shape index (κ1) is 21.7. The number of carbonyl (C=O) groups is 1. The van der Waals surface area contributed by atoms with E-state index in [0.29, 0.717) is 17.5 Å². The molecule has 3 N–H and O–H groups in total. The molecular formula is C23H28ClN5O2. The number of pyridine rings is 1. The first-order valence-corrected chi connectivity index (χ1v) is 10.6.